The average Bonchev–Trinajstić information content (AvgIpc) is 2.95. The molecule has 2 fully saturated rings. The molecule has 0 spiro atoms. The van der Waals surface area contributed by atoms with Crippen LogP contribution in [-0.4, -0.2) is 17.0 Å². The van der Waals surface area contributed by atoms with Gasteiger partial charge in [-0.15, -0.1) is 0 Å². The minimum atomic E-state index is 0.602. The van der Waals surface area contributed by atoms with Crippen molar-refractivity contribution in [1.82, 2.24) is 4.90 Å². The number of rotatable bonds is 4. The smallest absolute Gasteiger partial charge is 0.0709 e. The Balaban J connectivity index is 2.05. The molecule has 2 aliphatic rings. The van der Waals surface area contributed by atoms with E-state index in [1.165, 1.54) is 24.1 Å². The summed E-state index contributed by atoms with van der Waals surface area (Å²) in [5.41, 5.74) is 2.61. The highest BCUT2D eigenvalue weighted by Gasteiger charge is 2.56. The van der Waals surface area contributed by atoms with Crippen molar-refractivity contribution < 1.29 is 0 Å². The van der Waals surface area contributed by atoms with Gasteiger partial charge in [-0.25, -0.2) is 0 Å². The van der Waals surface area contributed by atoms with Gasteiger partial charge in [0.15, 0.2) is 0 Å². The molecule has 14 heavy (non-hydrogen) atoms. The second-order valence-corrected chi connectivity index (χ2v) is 5.15. The van der Waals surface area contributed by atoms with Gasteiger partial charge in [-0.3, -0.25) is 0 Å². The summed E-state index contributed by atoms with van der Waals surface area (Å²) >= 11 is 0. The molecule has 2 atom stereocenters. The van der Waals surface area contributed by atoms with E-state index in [9.17, 15) is 0 Å². The maximum Gasteiger partial charge on any atom is 0.0709 e. The minimum Gasteiger partial charge on any atom is -0.361 e. The first-order chi connectivity index (χ1) is 6.54. The van der Waals surface area contributed by atoms with Crippen molar-refractivity contribution in [2.45, 2.75) is 45.7 Å². The van der Waals surface area contributed by atoms with Crippen LogP contribution < -0.4 is 0 Å². The van der Waals surface area contributed by atoms with Gasteiger partial charge in [-0.2, -0.15) is 0 Å². The van der Waals surface area contributed by atoms with E-state index >= 15 is 0 Å². The van der Waals surface area contributed by atoms with Gasteiger partial charge in [0.2, 0.25) is 0 Å². The Morgan fingerprint density at radius 1 is 1.29 bits per heavy atom. The standard InChI is InChI=1S/C13H21N/c1-8(2)10(5)12-13(11-6-7-11)14(12)9(3)4/h8,11-13H,3,5-7H2,1-2,4H3/t12-,13?,14?/m0/s1. The number of hydrogen-bond donors (Lipinski definition) is 0. The second-order valence-electron chi connectivity index (χ2n) is 5.15. The number of allylic oxidation sites excluding steroid dienone is 1. The molecule has 1 saturated carbocycles. The lowest BCUT2D eigenvalue weighted by Gasteiger charge is -2.09. The Bertz CT molecular complexity index is 273. The van der Waals surface area contributed by atoms with Crippen molar-refractivity contribution >= 4 is 0 Å². The first-order valence-electron chi connectivity index (χ1n) is 5.66. The highest BCUT2D eigenvalue weighted by molar-refractivity contribution is 5.30. The lowest BCUT2D eigenvalue weighted by atomic mass is 9.99. The number of nitrogens with zero attached hydrogens (tertiary/aromatic N) is 1. The molecule has 0 amide bonds. The molecular weight excluding hydrogens is 170 g/mol. The molecule has 2 rings (SSSR count). The third-order valence-corrected chi connectivity index (χ3v) is 3.52. The molecule has 1 unspecified atom stereocenters. The lowest BCUT2D eigenvalue weighted by molar-refractivity contribution is 0.566. The summed E-state index contributed by atoms with van der Waals surface area (Å²) in [5.74, 6) is 1.54. The second kappa shape index (κ2) is 3.15. The minimum absolute atomic E-state index is 0.602. The molecule has 1 aliphatic carbocycles. The number of hydrogen-bond acceptors (Lipinski definition) is 1. The Labute approximate surface area is 87.5 Å². The monoisotopic (exact) mass is 191 g/mol. The molecule has 0 bridgehead atoms. The van der Waals surface area contributed by atoms with Gasteiger partial charge >= 0.3 is 0 Å². The van der Waals surface area contributed by atoms with Gasteiger partial charge in [0, 0.05) is 5.70 Å². The van der Waals surface area contributed by atoms with Gasteiger partial charge in [0.25, 0.3) is 0 Å². The van der Waals surface area contributed by atoms with Crippen LogP contribution in [0.4, 0.5) is 0 Å². The van der Waals surface area contributed by atoms with E-state index in [1.807, 2.05) is 0 Å². The molecule has 0 aromatic heterocycles. The molecule has 1 nitrogen and oxygen atoms in total. The molecule has 1 heteroatoms. The summed E-state index contributed by atoms with van der Waals surface area (Å²) in [6, 6.07) is 1.36. The third kappa shape index (κ3) is 1.49. The van der Waals surface area contributed by atoms with Crippen molar-refractivity contribution in [1.29, 1.82) is 0 Å². The van der Waals surface area contributed by atoms with E-state index < -0.39 is 0 Å². The summed E-state index contributed by atoms with van der Waals surface area (Å²) in [7, 11) is 0. The van der Waals surface area contributed by atoms with E-state index in [0.29, 0.717) is 12.0 Å². The molecule has 1 heterocycles. The van der Waals surface area contributed by atoms with E-state index in [1.54, 1.807) is 0 Å². The SMILES string of the molecule is C=C(C(C)C)[C@H]1C(C2CC2)N1C(=C)C. The quantitative estimate of drug-likeness (QED) is 0.487. The molecule has 0 aromatic carbocycles. The van der Waals surface area contributed by atoms with Gasteiger partial charge in [0.1, 0.15) is 0 Å². The summed E-state index contributed by atoms with van der Waals surface area (Å²) in [5, 5.41) is 0. The lowest BCUT2D eigenvalue weighted by Crippen LogP contribution is -2.05. The van der Waals surface area contributed by atoms with E-state index in [4.69, 9.17) is 0 Å². The Kier molecular flexibility index (Phi) is 2.21. The first-order valence-corrected chi connectivity index (χ1v) is 5.66. The molecule has 0 aromatic rings. The van der Waals surface area contributed by atoms with Crippen LogP contribution in [0.15, 0.2) is 24.4 Å². The predicted octanol–water partition coefficient (Wildman–Crippen LogP) is 3.20. The predicted molar refractivity (Wildman–Crippen MR) is 60.9 cm³/mol. The molecule has 0 N–H and O–H groups in total. The van der Waals surface area contributed by atoms with Crippen LogP contribution in [0.5, 0.6) is 0 Å². The van der Waals surface area contributed by atoms with Gasteiger partial charge in [0.05, 0.1) is 12.1 Å². The Morgan fingerprint density at radius 3 is 2.21 bits per heavy atom. The van der Waals surface area contributed by atoms with E-state index in [-0.39, 0.29) is 0 Å². The fraction of sp³-hybridized carbons (Fsp3) is 0.692. The normalized spacial score (nSPS) is 30.7. The average molecular weight is 191 g/mol. The van der Waals surface area contributed by atoms with E-state index in [2.05, 4.69) is 38.8 Å². The topological polar surface area (TPSA) is 3.01 Å². The summed E-state index contributed by atoms with van der Waals surface area (Å²) < 4.78 is 0. The van der Waals surface area contributed by atoms with Gasteiger partial charge in [-0.1, -0.05) is 32.6 Å². The Morgan fingerprint density at radius 2 is 1.86 bits per heavy atom. The van der Waals surface area contributed by atoms with Crippen LogP contribution in [0.25, 0.3) is 0 Å². The van der Waals surface area contributed by atoms with Gasteiger partial charge < -0.3 is 4.90 Å². The summed E-state index contributed by atoms with van der Waals surface area (Å²) in [6.45, 7) is 14.9. The largest absolute Gasteiger partial charge is 0.361 e. The molecule has 78 valence electrons. The zero-order valence-electron chi connectivity index (χ0n) is 9.59. The van der Waals surface area contributed by atoms with Crippen molar-refractivity contribution in [3.05, 3.63) is 24.4 Å². The van der Waals surface area contributed by atoms with Crippen LogP contribution in [0.3, 0.4) is 0 Å². The highest BCUT2D eigenvalue weighted by atomic mass is 15.4. The van der Waals surface area contributed by atoms with Crippen molar-refractivity contribution in [2.24, 2.45) is 11.8 Å². The first kappa shape index (κ1) is 9.82. The van der Waals surface area contributed by atoms with Gasteiger partial charge in [-0.05, 0) is 31.6 Å². The fourth-order valence-electron chi connectivity index (χ4n) is 2.40. The Hall–Kier alpha value is -0.720. The maximum absolute atomic E-state index is 4.23. The molecule has 1 aliphatic heterocycles. The zero-order valence-corrected chi connectivity index (χ0v) is 9.59. The van der Waals surface area contributed by atoms with Crippen LogP contribution in [0, 0.1) is 11.8 Å². The van der Waals surface area contributed by atoms with Crippen LogP contribution in [-0.2, 0) is 0 Å². The van der Waals surface area contributed by atoms with Crippen LogP contribution >= 0.6 is 0 Å². The van der Waals surface area contributed by atoms with Crippen LogP contribution in [0.1, 0.15) is 33.6 Å². The zero-order chi connectivity index (χ0) is 10.5. The molecule has 1 saturated heterocycles. The van der Waals surface area contributed by atoms with E-state index in [0.717, 1.165) is 12.0 Å². The summed E-state index contributed by atoms with van der Waals surface area (Å²) in [6.07, 6.45) is 2.83. The highest BCUT2D eigenvalue weighted by Crippen LogP contribution is 2.51. The third-order valence-electron chi connectivity index (χ3n) is 3.52. The fourth-order valence-corrected chi connectivity index (χ4v) is 2.40. The summed E-state index contributed by atoms with van der Waals surface area (Å²) in [4.78, 5) is 2.46. The van der Waals surface area contributed by atoms with Crippen molar-refractivity contribution in [3.63, 3.8) is 0 Å². The molecular formula is C13H21N. The van der Waals surface area contributed by atoms with Crippen molar-refractivity contribution in [3.8, 4) is 0 Å². The maximum atomic E-state index is 4.23. The molecule has 0 radical (unpaired) electrons. The van der Waals surface area contributed by atoms with Crippen LogP contribution in [0.2, 0.25) is 0 Å². The van der Waals surface area contributed by atoms with Crippen molar-refractivity contribution in [2.75, 3.05) is 0 Å².